The van der Waals surface area contributed by atoms with Gasteiger partial charge in [-0.2, -0.15) is 0 Å². The van der Waals surface area contributed by atoms with Gasteiger partial charge in [-0.05, 0) is 75.4 Å². The van der Waals surface area contributed by atoms with Crippen LogP contribution in [0.15, 0.2) is 115 Å². The van der Waals surface area contributed by atoms with E-state index < -0.39 is 63.3 Å². The summed E-state index contributed by atoms with van der Waals surface area (Å²) in [5, 5.41) is 4.89. The van der Waals surface area contributed by atoms with Gasteiger partial charge in [0.05, 0.1) is 23.5 Å². The van der Waals surface area contributed by atoms with Crippen LogP contribution < -0.4 is 21.2 Å². The summed E-state index contributed by atoms with van der Waals surface area (Å²) in [6, 6.07) is 34.1. The van der Waals surface area contributed by atoms with Gasteiger partial charge in [-0.25, -0.2) is 4.79 Å². The molecule has 1 aliphatic rings. The molecular formula is C44H51N2O8PSi. The number of amides is 2. The quantitative estimate of drug-likeness (QED) is 0.0418. The molecule has 2 amide bonds. The van der Waals surface area contributed by atoms with Crippen LogP contribution in [0.5, 0.6) is 0 Å². The van der Waals surface area contributed by atoms with Crippen LogP contribution in [0, 0.1) is 11.3 Å². The van der Waals surface area contributed by atoms with Gasteiger partial charge in [0.15, 0.2) is 14.1 Å². The van der Waals surface area contributed by atoms with Crippen molar-refractivity contribution in [3.8, 4) is 0 Å². The van der Waals surface area contributed by atoms with Gasteiger partial charge in [-0.3, -0.25) is 19.2 Å². The van der Waals surface area contributed by atoms with Gasteiger partial charge in [-0.15, -0.1) is 0 Å². The summed E-state index contributed by atoms with van der Waals surface area (Å²) in [6.45, 7) is 8.97. The molecule has 0 saturated carbocycles. The summed E-state index contributed by atoms with van der Waals surface area (Å²) in [7, 11) is -0.687. The Hall–Kier alpha value is -5.09. The second kappa shape index (κ2) is 17.4. The number of rotatable bonds is 14. The molecular weight excluding hydrogens is 744 g/mol. The van der Waals surface area contributed by atoms with Crippen molar-refractivity contribution < 1.29 is 37.9 Å². The van der Waals surface area contributed by atoms with Crippen LogP contribution in [0.1, 0.15) is 54.8 Å². The molecule has 0 radical (unpaired) electrons. The number of esters is 2. The normalized spacial score (nSPS) is 16.3. The zero-order chi connectivity index (χ0) is 40.8. The highest BCUT2D eigenvalue weighted by Crippen LogP contribution is 2.50. The molecule has 3 atom stereocenters. The molecule has 5 rings (SSSR count). The highest BCUT2D eigenvalue weighted by Gasteiger charge is 2.56. The Morgan fingerprint density at radius 2 is 1.27 bits per heavy atom. The zero-order valence-corrected chi connectivity index (χ0v) is 35.2. The largest absolute Gasteiger partial charge is 0.427 e. The fraction of sp³-hybridized carbons (Fsp3) is 0.318. The Balaban J connectivity index is 1.81. The number of β-lactam (4-membered cyclic amide) rings is 1. The predicted octanol–water partition coefficient (Wildman–Crippen LogP) is 5.90. The number of ether oxygens (including phenoxy) is 2. The predicted molar refractivity (Wildman–Crippen MR) is 223 cm³/mol. The Labute approximate surface area is 330 Å². The van der Waals surface area contributed by atoms with Crippen LogP contribution in [-0.4, -0.2) is 74.2 Å². The standard InChI is InChI=1S/C44H51N2O8PSi/c1-30(54-56(6,7)8)38-36(28-37(47)31-19-18-20-32(27-31)39(48)45-5)46(40(38)49)41(42(50)52-29-53-43(51)44(2,3)4)55(33-21-12-9-13-22-33,34-23-14-10-15-24-34)35-25-16-11-17-26-35/h9-27,30,36,38H,28-29H2,1-8H3,(H,45,48). The minimum atomic E-state index is -3.34. The first-order valence-corrected chi connectivity index (χ1v) is 23.8. The minimum Gasteiger partial charge on any atom is -0.427 e. The van der Waals surface area contributed by atoms with Crippen molar-refractivity contribution >= 4 is 66.1 Å². The summed E-state index contributed by atoms with van der Waals surface area (Å²) < 4.78 is 17.8. The van der Waals surface area contributed by atoms with Crippen LogP contribution in [0.25, 0.3) is 0 Å². The van der Waals surface area contributed by atoms with E-state index in [1.54, 1.807) is 39.0 Å². The Morgan fingerprint density at radius 3 is 1.73 bits per heavy atom. The number of hydrogen-bond acceptors (Lipinski definition) is 8. The maximum Gasteiger partial charge on any atom is 0.358 e. The summed E-state index contributed by atoms with van der Waals surface area (Å²) in [4.78, 5) is 71.2. The number of carbonyl (C=O) groups is 5. The molecule has 0 aliphatic carbocycles. The topological polar surface area (TPSA) is 128 Å². The van der Waals surface area contributed by atoms with Crippen molar-refractivity contribution in [3.05, 3.63) is 126 Å². The van der Waals surface area contributed by atoms with Crippen LogP contribution in [0.2, 0.25) is 19.6 Å². The highest BCUT2D eigenvalue weighted by molar-refractivity contribution is 7.96. The molecule has 1 heterocycles. The van der Waals surface area contributed by atoms with Gasteiger partial charge in [0.2, 0.25) is 12.7 Å². The lowest BCUT2D eigenvalue weighted by Gasteiger charge is -2.52. The van der Waals surface area contributed by atoms with Crippen LogP contribution in [0.4, 0.5) is 0 Å². The number of carbonyl (C=O) groups excluding carboxylic acids is 5. The summed E-state index contributed by atoms with van der Waals surface area (Å²) in [6.07, 6.45) is -0.774. The summed E-state index contributed by atoms with van der Waals surface area (Å²) >= 11 is 0. The van der Waals surface area contributed by atoms with Crippen molar-refractivity contribution in [3.63, 3.8) is 0 Å². The van der Waals surface area contributed by atoms with E-state index >= 15 is 9.59 Å². The molecule has 4 aromatic rings. The smallest absolute Gasteiger partial charge is 0.358 e. The van der Waals surface area contributed by atoms with E-state index in [2.05, 4.69) is 5.32 Å². The van der Waals surface area contributed by atoms with E-state index in [1.807, 2.05) is 118 Å². The molecule has 1 aliphatic heterocycles. The van der Waals surface area contributed by atoms with E-state index in [1.165, 1.54) is 18.0 Å². The first-order chi connectivity index (χ1) is 26.5. The fourth-order valence-corrected chi connectivity index (χ4v) is 12.7. The van der Waals surface area contributed by atoms with Crippen molar-refractivity contribution in [2.45, 2.75) is 65.9 Å². The maximum absolute atomic E-state index is 15.1. The van der Waals surface area contributed by atoms with Crippen LogP contribution in [-0.2, 0) is 28.3 Å². The van der Waals surface area contributed by atoms with Crippen LogP contribution >= 0.6 is 6.89 Å². The van der Waals surface area contributed by atoms with E-state index in [-0.39, 0.29) is 29.1 Å². The molecule has 1 N–H and O–H groups in total. The lowest BCUT2D eigenvalue weighted by molar-refractivity contribution is -0.171. The first kappa shape index (κ1) is 42.1. The van der Waals surface area contributed by atoms with Gasteiger partial charge in [0.1, 0.15) is 5.42 Å². The van der Waals surface area contributed by atoms with Crippen molar-refractivity contribution in [2.75, 3.05) is 13.8 Å². The monoisotopic (exact) mass is 794 g/mol. The molecule has 1 fully saturated rings. The molecule has 0 bridgehead atoms. The molecule has 12 heteroatoms. The Morgan fingerprint density at radius 1 is 0.768 bits per heavy atom. The first-order valence-electron chi connectivity index (χ1n) is 18.6. The number of benzene rings is 4. The lowest BCUT2D eigenvalue weighted by Crippen LogP contribution is -2.69. The third-order valence-corrected chi connectivity index (χ3v) is 14.9. The lowest BCUT2D eigenvalue weighted by atomic mass is 9.79. The number of likely N-dealkylation sites (tertiary alicyclic amines) is 1. The van der Waals surface area contributed by atoms with Gasteiger partial charge < -0.3 is 24.1 Å². The zero-order valence-electron chi connectivity index (χ0n) is 33.3. The number of hydrogen-bond donors (Lipinski definition) is 1. The van der Waals surface area contributed by atoms with Gasteiger partial charge in [-0.1, -0.05) is 103 Å². The molecule has 56 heavy (non-hydrogen) atoms. The van der Waals surface area contributed by atoms with Crippen molar-refractivity contribution in [1.29, 1.82) is 0 Å². The van der Waals surface area contributed by atoms with E-state index in [4.69, 9.17) is 13.9 Å². The molecule has 0 spiro atoms. The average Bonchev–Trinajstić information content (AvgIpc) is 3.17. The van der Waals surface area contributed by atoms with E-state index in [0.29, 0.717) is 5.56 Å². The molecule has 294 valence electrons. The van der Waals surface area contributed by atoms with Crippen LogP contribution in [0.3, 0.4) is 0 Å². The Kier molecular flexibility index (Phi) is 13.0. The second-order valence-electron chi connectivity index (χ2n) is 15.8. The maximum atomic E-state index is 15.1. The fourth-order valence-electron chi connectivity index (χ4n) is 7.06. The molecule has 4 aromatic carbocycles. The summed E-state index contributed by atoms with van der Waals surface area (Å²) in [5.74, 6) is -3.28. The number of nitrogens with zero attached hydrogens (tertiary/aromatic N) is 1. The Bertz CT molecular complexity index is 2030. The minimum absolute atomic E-state index is 0.0475. The third kappa shape index (κ3) is 8.96. The number of ketones is 1. The van der Waals surface area contributed by atoms with E-state index in [0.717, 1.165) is 15.9 Å². The van der Waals surface area contributed by atoms with Gasteiger partial charge in [0, 0.05) is 31.5 Å². The highest BCUT2D eigenvalue weighted by atomic mass is 31.2. The van der Waals surface area contributed by atoms with Gasteiger partial charge in [0.25, 0.3) is 5.91 Å². The second-order valence-corrected chi connectivity index (χ2v) is 23.5. The number of Topliss-reactive ketones (excluding diaryl/α,β-unsaturated/α-hetero) is 1. The van der Waals surface area contributed by atoms with E-state index in [9.17, 15) is 14.4 Å². The SMILES string of the molecule is CNC(=O)c1cccc(C(=O)CC2C(C(C)O[Si](C)(C)C)C(=O)N2C(C(=O)OCOC(=O)C(C)(C)C)=P(c2ccccc2)(c2ccccc2)c2ccccc2)c1. The van der Waals surface area contributed by atoms with Crippen molar-refractivity contribution in [2.24, 2.45) is 11.3 Å². The molecule has 0 aromatic heterocycles. The molecule has 10 nitrogen and oxygen atoms in total. The summed E-state index contributed by atoms with van der Waals surface area (Å²) in [5.41, 5.74) is -0.209. The van der Waals surface area contributed by atoms with Gasteiger partial charge >= 0.3 is 11.9 Å². The number of nitrogens with one attached hydrogen (secondary N) is 1. The third-order valence-electron chi connectivity index (χ3n) is 9.53. The molecule has 1 saturated heterocycles. The van der Waals surface area contributed by atoms with Crippen molar-refractivity contribution in [1.82, 2.24) is 10.2 Å². The average molecular weight is 795 g/mol. The molecule has 3 unspecified atom stereocenters.